The van der Waals surface area contributed by atoms with Crippen LogP contribution in [0, 0.1) is 6.92 Å². The summed E-state index contributed by atoms with van der Waals surface area (Å²) in [6.45, 7) is 3.60. The van der Waals surface area contributed by atoms with Crippen LogP contribution in [-0.2, 0) is 0 Å². The molecule has 6 heteroatoms. The summed E-state index contributed by atoms with van der Waals surface area (Å²) in [5.74, 6) is -0.195. The Morgan fingerprint density at radius 3 is 2.72 bits per heavy atom. The molecular formula is C12H16BrN3O2. The maximum absolute atomic E-state index is 12.3. The molecule has 1 atom stereocenters. The van der Waals surface area contributed by atoms with Gasteiger partial charge >= 0.3 is 0 Å². The molecule has 1 amide bonds. The van der Waals surface area contributed by atoms with Crippen LogP contribution in [0.5, 0.6) is 0 Å². The third-order valence-electron chi connectivity index (χ3n) is 2.87. The fraction of sp³-hybridized carbons (Fsp3) is 0.333. The summed E-state index contributed by atoms with van der Waals surface area (Å²) in [5, 5.41) is 11.5. The Kier molecular flexibility index (Phi) is 4.72. The summed E-state index contributed by atoms with van der Waals surface area (Å²) in [7, 11) is 1.61. The van der Waals surface area contributed by atoms with Crippen LogP contribution in [0.3, 0.4) is 0 Å². The van der Waals surface area contributed by atoms with Gasteiger partial charge in [0.1, 0.15) is 0 Å². The number of halogens is 1. The standard InChI is InChI=1S/C12H16BrN3O2/c1-7-5-4-6-9(10(7)13)12(17)16(3)8(2)11(14)15-18/h4-6,8,18H,1-3H3,(H2,14,15). The molecule has 0 bridgehead atoms. The Morgan fingerprint density at radius 1 is 1.56 bits per heavy atom. The first kappa shape index (κ1) is 14.5. The van der Waals surface area contributed by atoms with E-state index in [0.29, 0.717) is 5.56 Å². The average Bonchev–Trinajstić information content (AvgIpc) is 2.38. The molecule has 0 aliphatic rings. The number of amidine groups is 1. The molecule has 3 N–H and O–H groups in total. The van der Waals surface area contributed by atoms with Crippen LogP contribution in [0.25, 0.3) is 0 Å². The van der Waals surface area contributed by atoms with E-state index in [1.165, 1.54) is 4.90 Å². The van der Waals surface area contributed by atoms with Gasteiger partial charge in [-0.1, -0.05) is 17.3 Å². The minimum atomic E-state index is -0.477. The lowest BCUT2D eigenvalue weighted by Crippen LogP contribution is -2.43. The molecule has 0 spiro atoms. The van der Waals surface area contributed by atoms with Gasteiger partial charge in [0, 0.05) is 11.5 Å². The molecule has 98 valence electrons. The monoisotopic (exact) mass is 313 g/mol. The first-order chi connectivity index (χ1) is 8.40. The molecule has 18 heavy (non-hydrogen) atoms. The molecule has 5 nitrogen and oxygen atoms in total. The minimum Gasteiger partial charge on any atom is -0.409 e. The number of likely N-dealkylation sites (N-methyl/N-ethyl adjacent to an activating group) is 1. The minimum absolute atomic E-state index is 0.00498. The number of benzene rings is 1. The van der Waals surface area contributed by atoms with Gasteiger partial charge in [-0.05, 0) is 41.4 Å². The molecule has 0 heterocycles. The van der Waals surface area contributed by atoms with Gasteiger partial charge in [0.05, 0.1) is 11.6 Å². The van der Waals surface area contributed by atoms with Crippen molar-refractivity contribution in [3.63, 3.8) is 0 Å². The van der Waals surface area contributed by atoms with Gasteiger partial charge in [0.25, 0.3) is 5.91 Å². The van der Waals surface area contributed by atoms with Crippen molar-refractivity contribution in [2.24, 2.45) is 10.9 Å². The molecule has 0 saturated carbocycles. The van der Waals surface area contributed by atoms with E-state index in [1.807, 2.05) is 19.1 Å². The number of oxime groups is 1. The van der Waals surface area contributed by atoms with Crippen LogP contribution in [0.4, 0.5) is 0 Å². The fourth-order valence-electron chi connectivity index (χ4n) is 1.46. The summed E-state index contributed by atoms with van der Waals surface area (Å²) in [4.78, 5) is 13.7. The largest absolute Gasteiger partial charge is 0.409 e. The van der Waals surface area contributed by atoms with E-state index in [0.717, 1.165) is 10.0 Å². The van der Waals surface area contributed by atoms with Gasteiger partial charge in [-0.25, -0.2) is 0 Å². The first-order valence-electron chi connectivity index (χ1n) is 5.39. The number of hydrogen-bond donors (Lipinski definition) is 2. The third-order valence-corrected chi connectivity index (χ3v) is 3.92. The van der Waals surface area contributed by atoms with Crippen molar-refractivity contribution in [2.45, 2.75) is 19.9 Å². The van der Waals surface area contributed by atoms with Gasteiger partial charge in [0.15, 0.2) is 5.84 Å². The highest BCUT2D eigenvalue weighted by molar-refractivity contribution is 9.10. The maximum atomic E-state index is 12.3. The number of carbonyl (C=O) groups excluding carboxylic acids is 1. The highest BCUT2D eigenvalue weighted by atomic mass is 79.9. The summed E-state index contributed by atoms with van der Waals surface area (Å²) in [6.07, 6.45) is 0. The van der Waals surface area contributed by atoms with Gasteiger partial charge < -0.3 is 15.8 Å². The smallest absolute Gasteiger partial charge is 0.255 e. The number of aryl methyl sites for hydroxylation is 1. The SMILES string of the molecule is Cc1cccc(C(=O)N(C)C(C)/C(N)=N/O)c1Br. The lowest BCUT2D eigenvalue weighted by molar-refractivity contribution is 0.0775. The topological polar surface area (TPSA) is 78.9 Å². The second kappa shape index (κ2) is 5.86. The predicted octanol–water partition coefficient (Wildman–Crippen LogP) is 1.96. The molecule has 1 rings (SSSR count). The fourth-order valence-corrected chi connectivity index (χ4v) is 1.89. The summed E-state index contributed by atoms with van der Waals surface area (Å²) in [5.41, 5.74) is 7.02. The van der Waals surface area contributed by atoms with Crippen LogP contribution in [-0.4, -0.2) is 34.9 Å². The van der Waals surface area contributed by atoms with Crippen LogP contribution >= 0.6 is 15.9 Å². The molecule has 0 radical (unpaired) electrons. The van der Waals surface area contributed by atoms with Crippen LogP contribution in [0.2, 0.25) is 0 Å². The van der Waals surface area contributed by atoms with Crippen molar-refractivity contribution < 1.29 is 10.0 Å². The Hall–Kier alpha value is -1.56. The average molecular weight is 314 g/mol. The number of rotatable bonds is 3. The first-order valence-corrected chi connectivity index (χ1v) is 6.19. The highest BCUT2D eigenvalue weighted by Crippen LogP contribution is 2.22. The van der Waals surface area contributed by atoms with Gasteiger partial charge in [-0.3, -0.25) is 4.79 Å². The Balaban J connectivity index is 3.04. The van der Waals surface area contributed by atoms with Crippen molar-refractivity contribution in [2.75, 3.05) is 7.05 Å². The number of nitrogens with zero attached hydrogens (tertiary/aromatic N) is 2. The highest BCUT2D eigenvalue weighted by Gasteiger charge is 2.22. The van der Waals surface area contributed by atoms with Crippen molar-refractivity contribution in [1.82, 2.24) is 4.90 Å². The Bertz CT molecular complexity index is 488. The Labute approximate surface area is 114 Å². The molecule has 1 unspecified atom stereocenters. The zero-order chi connectivity index (χ0) is 13.9. The molecular weight excluding hydrogens is 298 g/mol. The van der Waals surface area contributed by atoms with Crippen molar-refractivity contribution >= 4 is 27.7 Å². The molecule has 1 aromatic carbocycles. The van der Waals surface area contributed by atoms with Crippen molar-refractivity contribution in [3.05, 3.63) is 33.8 Å². The number of carbonyl (C=O) groups is 1. The second-order valence-corrected chi connectivity index (χ2v) is 4.85. The van der Waals surface area contributed by atoms with Gasteiger partial charge in [0.2, 0.25) is 0 Å². The quantitative estimate of drug-likeness (QED) is 0.387. The van der Waals surface area contributed by atoms with E-state index < -0.39 is 6.04 Å². The van der Waals surface area contributed by atoms with E-state index in [9.17, 15) is 4.79 Å². The zero-order valence-corrected chi connectivity index (χ0v) is 12.1. The van der Waals surface area contributed by atoms with E-state index in [-0.39, 0.29) is 11.7 Å². The van der Waals surface area contributed by atoms with Crippen molar-refractivity contribution in [1.29, 1.82) is 0 Å². The molecule has 0 saturated heterocycles. The summed E-state index contributed by atoms with van der Waals surface area (Å²) < 4.78 is 0.758. The maximum Gasteiger partial charge on any atom is 0.255 e. The summed E-state index contributed by atoms with van der Waals surface area (Å²) in [6, 6.07) is 4.98. The van der Waals surface area contributed by atoms with E-state index in [1.54, 1.807) is 20.0 Å². The molecule has 1 aromatic rings. The van der Waals surface area contributed by atoms with E-state index in [2.05, 4.69) is 21.1 Å². The molecule has 0 aliphatic heterocycles. The number of nitrogens with two attached hydrogens (primary N) is 1. The van der Waals surface area contributed by atoms with Crippen LogP contribution < -0.4 is 5.73 Å². The number of hydrogen-bond acceptors (Lipinski definition) is 3. The second-order valence-electron chi connectivity index (χ2n) is 4.05. The van der Waals surface area contributed by atoms with Gasteiger partial charge in [-0.2, -0.15) is 0 Å². The molecule has 0 fully saturated rings. The Morgan fingerprint density at radius 2 is 2.17 bits per heavy atom. The normalized spacial score (nSPS) is 13.2. The number of amides is 1. The lowest BCUT2D eigenvalue weighted by atomic mass is 10.1. The van der Waals surface area contributed by atoms with E-state index in [4.69, 9.17) is 10.9 Å². The lowest BCUT2D eigenvalue weighted by Gasteiger charge is -2.24. The third kappa shape index (κ3) is 2.81. The van der Waals surface area contributed by atoms with Gasteiger partial charge in [-0.15, -0.1) is 0 Å². The zero-order valence-electron chi connectivity index (χ0n) is 10.5. The predicted molar refractivity (Wildman–Crippen MR) is 73.8 cm³/mol. The van der Waals surface area contributed by atoms with Crippen molar-refractivity contribution in [3.8, 4) is 0 Å². The summed E-state index contributed by atoms with van der Waals surface area (Å²) >= 11 is 3.39. The molecule has 0 aromatic heterocycles. The van der Waals surface area contributed by atoms with Crippen LogP contribution in [0.1, 0.15) is 22.8 Å². The van der Waals surface area contributed by atoms with E-state index >= 15 is 0 Å². The molecule has 0 aliphatic carbocycles. The van der Waals surface area contributed by atoms with Crippen LogP contribution in [0.15, 0.2) is 27.8 Å².